The average molecular weight is 344 g/mol. The number of aromatic nitrogens is 3. The molecule has 1 fully saturated rings. The molecule has 3 aromatic rings. The smallest absolute Gasteiger partial charge is 0.150 e. The van der Waals surface area contributed by atoms with Gasteiger partial charge in [0, 0.05) is 16.9 Å². The number of rotatable bonds is 2. The van der Waals surface area contributed by atoms with Gasteiger partial charge in [-0.1, -0.05) is 36.9 Å². The molecule has 5 heteroatoms. The van der Waals surface area contributed by atoms with E-state index < -0.39 is 0 Å². The maximum absolute atomic E-state index is 6.18. The van der Waals surface area contributed by atoms with Gasteiger partial charge in [-0.05, 0) is 31.9 Å². The van der Waals surface area contributed by atoms with Crippen LogP contribution in [-0.2, 0) is 0 Å². The van der Waals surface area contributed by atoms with Crippen molar-refractivity contribution < 1.29 is 0 Å². The molecule has 0 unspecified atom stereocenters. The predicted octanol–water partition coefficient (Wildman–Crippen LogP) is 5.76. The van der Waals surface area contributed by atoms with Gasteiger partial charge in [-0.15, -0.1) is 11.3 Å². The zero-order chi connectivity index (χ0) is 15.8. The maximum Gasteiger partial charge on any atom is 0.150 e. The van der Waals surface area contributed by atoms with Crippen molar-refractivity contribution >= 4 is 34.0 Å². The van der Waals surface area contributed by atoms with Crippen LogP contribution < -0.4 is 0 Å². The SMILES string of the molecule is Cc1nc2cccc(-c3nc(C4CCCCC4)cs3)c2nc1Cl. The molecule has 0 saturated heterocycles. The summed E-state index contributed by atoms with van der Waals surface area (Å²) in [5.41, 5.74) is 4.75. The second kappa shape index (κ2) is 6.17. The van der Waals surface area contributed by atoms with Gasteiger partial charge < -0.3 is 0 Å². The van der Waals surface area contributed by atoms with Crippen LogP contribution in [0.15, 0.2) is 23.6 Å². The lowest BCUT2D eigenvalue weighted by atomic mass is 9.87. The first kappa shape index (κ1) is 15.0. The van der Waals surface area contributed by atoms with E-state index in [1.807, 2.05) is 19.1 Å². The molecule has 0 aliphatic heterocycles. The minimum Gasteiger partial charge on any atom is -0.248 e. The first-order valence-electron chi connectivity index (χ1n) is 8.11. The molecule has 4 rings (SSSR count). The molecule has 1 aliphatic rings. The first-order chi connectivity index (χ1) is 11.2. The minimum atomic E-state index is 0.467. The molecule has 23 heavy (non-hydrogen) atoms. The topological polar surface area (TPSA) is 38.7 Å². The van der Waals surface area contributed by atoms with E-state index in [2.05, 4.69) is 21.4 Å². The van der Waals surface area contributed by atoms with E-state index in [-0.39, 0.29) is 0 Å². The third kappa shape index (κ3) is 2.86. The van der Waals surface area contributed by atoms with Crippen LogP contribution in [-0.4, -0.2) is 15.0 Å². The van der Waals surface area contributed by atoms with Crippen molar-refractivity contribution in [2.45, 2.75) is 44.9 Å². The maximum atomic E-state index is 6.18. The van der Waals surface area contributed by atoms with Gasteiger partial charge >= 0.3 is 0 Å². The Labute approximate surface area is 144 Å². The number of hydrogen-bond donors (Lipinski definition) is 0. The van der Waals surface area contributed by atoms with Crippen molar-refractivity contribution in [1.29, 1.82) is 0 Å². The van der Waals surface area contributed by atoms with Crippen molar-refractivity contribution in [2.75, 3.05) is 0 Å². The predicted molar refractivity (Wildman–Crippen MR) is 96.2 cm³/mol. The number of halogens is 1. The van der Waals surface area contributed by atoms with Crippen molar-refractivity contribution in [3.05, 3.63) is 40.1 Å². The Hall–Kier alpha value is -1.52. The molecule has 1 aromatic carbocycles. The van der Waals surface area contributed by atoms with Crippen LogP contribution >= 0.6 is 22.9 Å². The van der Waals surface area contributed by atoms with Crippen molar-refractivity contribution in [3.63, 3.8) is 0 Å². The fraction of sp³-hybridized carbons (Fsp3) is 0.389. The zero-order valence-electron chi connectivity index (χ0n) is 13.1. The molecule has 1 aliphatic carbocycles. The van der Waals surface area contributed by atoms with E-state index in [1.165, 1.54) is 37.8 Å². The molecule has 2 aromatic heterocycles. The largest absolute Gasteiger partial charge is 0.248 e. The van der Waals surface area contributed by atoms with E-state index in [0.29, 0.717) is 11.1 Å². The highest BCUT2D eigenvalue weighted by Gasteiger charge is 2.19. The van der Waals surface area contributed by atoms with E-state index in [0.717, 1.165) is 27.3 Å². The molecular weight excluding hydrogens is 326 g/mol. The van der Waals surface area contributed by atoms with Gasteiger partial charge in [-0.2, -0.15) is 0 Å². The van der Waals surface area contributed by atoms with E-state index >= 15 is 0 Å². The number of fused-ring (bicyclic) bond motifs is 1. The fourth-order valence-corrected chi connectivity index (χ4v) is 4.37. The zero-order valence-corrected chi connectivity index (χ0v) is 14.6. The lowest BCUT2D eigenvalue weighted by Crippen LogP contribution is -2.04. The lowest BCUT2D eigenvalue weighted by Gasteiger charge is -2.19. The van der Waals surface area contributed by atoms with Crippen LogP contribution in [0.4, 0.5) is 0 Å². The van der Waals surface area contributed by atoms with Crippen LogP contribution in [0.3, 0.4) is 0 Å². The van der Waals surface area contributed by atoms with Crippen molar-refractivity contribution in [3.8, 4) is 10.6 Å². The Balaban J connectivity index is 1.77. The average Bonchev–Trinajstić information content (AvgIpc) is 3.06. The molecule has 0 atom stereocenters. The van der Waals surface area contributed by atoms with Crippen molar-refractivity contribution in [2.24, 2.45) is 0 Å². The molecule has 0 radical (unpaired) electrons. The number of hydrogen-bond acceptors (Lipinski definition) is 4. The number of para-hydroxylation sites is 1. The van der Waals surface area contributed by atoms with Gasteiger partial charge in [0.1, 0.15) is 10.5 Å². The molecule has 2 heterocycles. The van der Waals surface area contributed by atoms with Gasteiger partial charge in [0.15, 0.2) is 5.15 Å². The Morgan fingerprint density at radius 2 is 1.91 bits per heavy atom. The van der Waals surface area contributed by atoms with Crippen LogP contribution in [0, 0.1) is 6.92 Å². The Morgan fingerprint density at radius 1 is 1.09 bits per heavy atom. The molecule has 0 bridgehead atoms. The highest BCUT2D eigenvalue weighted by atomic mass is 35.5. The third-order valence-corrected chi connectivity index (χ3v) is 5.84. The molecule has 0 N–H and O–H groups in total. The summed E-state index contributed by atoms with van der Waals surface area (Å²) in [7, 11) is 0. The summed E-state index contributed by atoms with van der Waals surface area (Å²) in [6, 6.07) is 6.05. The van der Waals surface area contributed by atoms with Crippen LogP contribution in [0.1, 0.15) is 49.4 Å². The van der Waals surface area contributed by atoms with Crippen molar-refractivity contribution in [1.82, 2.24) is 15.0 Å². The molecule has 0 spiro atoms. The summed E-state index contributed by atoms with van der Waals surface area (Å²) in [4.78, 5) is 14.0. The van der Waals surface area contributed by atoms with Gasteiger partial charge in [0.25, 0.3) is 0 Å². The lowest BCUT2D eigenvalue weighted by molar-refractivity contribution is 0.438. The monoisotopic (exact) mass is 343 g/mol. The second-order valence-corrected chi connectivity index (χ2v) is 7.40. The van der Waals surface area contributed by atoms with Crippen LogP contribution in [0.25, 0.3) is 21.6 Å². The standard InChI is InChI=1S/C18H18ClN3S/c1-11-17(19)22-16-13(8-5-9-14(16)20-11)18-21-15(10-23-18)12-6-3-2-4-7-12/h5,8-10,12H,2-4,6-7H2,1H3. The summed E-state index contributed by atoms with van der Waals surface area (Å²) in [6.45, 7) is 1.88. The Kier molecular flexibility index (Phi) is 4.04. The number of benzene rings is 1. The molecule has 3 nitrogen and oxygen atoms in total. The number of thiazole rings is 1. The summed E-state index contributed by atoms with van der Waals surface area (Å²) in [5.74, 6) is 0.626. The number of aryl methyl sites for hydroxylation is 1. The molecular formula is C18H18ClN3S. The van der Waals surface area contributed by atoms with E-state index in [9.17, 15) is 0 Å². The highest BCUT2D eigenvalue weighted by molar-refractivity contribution is 7.13. The third-order valence-electron chi connectivity index (χ3n) is 4.59. The number of nitrogens with zero attached hydrogens (tertiary/aromatic N) is 3. The first-order valence-corrected chi connectivity index (χ1v) is 9.37. The van der Waals surface area contributed by atoms with Gasteiger partial charge in [-0.25, -0.2) is 15.0 Å². The van der Waals surface area contributed by atoms with Gasteiger partial charge in [-0.3, -0.25) is 0 Å². The second-order valence-electron chi connectivity index (χ2n) is 6.19. The van der Waals surface area contributed by atoms with E-state index in [4.69, 9.17) is 16.6 Å². The van der Waals surface area contributed by atoms with Gasteiger partial charge in [0.2, 0.25) is 0 Å². The van der Waals surface area contributed by atoms with Gasteiger partial charge in [0.05, 0.1) is 16.9 Å². The van der Waals surface area contributed by atoms with E-state index in [1.54, 1.807) is 11.3 Å². The Bertz CT molecular complexity index is 853. The summed E-state index contributed by atoms with van der Waals surface area (Å²) < 4.78 is 0. The minimum absolute atomic E-state index is 0.467. The summed E-state index contributed by atoms with van der Waals surface area (Å²) >= 11 is 7.88. The Morgan fingerprint density at radius 3 is 2.74 bits per heavy atom. The fourth-order valence-electron chi connectivity index (χ4n) is 3.31. The molecule has 1 saturated carbocycles. The normalized spacial score (nSPS) is 16.1. The summed E-state index contributed by atoms with van der Waals surface area (Å²) in [5, 5.41) is 3.70. The quantitative estimate of drug-likeness (QED) is 0.593. The summed E-state index contributed by atoms with van der Waals surface area (Å²) in [6.07, 6.45) is 6.55. The van der Waals surface area contributed by atoms with Crippen LogP contribution in [0.2, 0.25) is 5.15 Å². The highest BCUT2D eigenvalue weighted by Crippen LogP contribution is 2.36. The molecule has 118 valence electrons. The van der Waals surface area contributed by atoms with Crippen LogP contribution in [0.5, 0.6) is 0 Å². The molecule has 0 amide bonds.